The molecule has 1 amide bonds. The fraction of sp³-hybridized carbons (Fsp3) is 0.348. The predicted octanol–water partition coefficient (Wildman–Crippen LogP) is 3.78. The molecule has 0 aliphatic carbocycles. The van der Waals surface area contributed by atoms with E-state index >= 15 is 0 Å². The summed E-state index contributed by atoms with van der Waals surface area (Å²) in [7, 11) is 0. The Bertz CT molecular complexity index is 1040. The van der Waals surface area contributed by atoms with Gasteiger partial charge in [-0.05, 0) is 49.4 Å². The molecule has 1 aromatic heterocycles. The fourth-order valence-corrected chi connectivity index (χ4v) is 3.39. The van der Waals surface area contributed by atoms with Gasteiger partial charge in [-0.15, -0.1) is 0 Å². The monoisotopic (exact) mass is 377 g/mol. The Morgan fingerprint density at radius 3 is 2.43 bits per heavy atom. The Labute approximate surface area is 165 Å². The number of carbonyl (C=O) groups is 1. The van der Waals surface area contributed by atoms with Gasteiger partial charge in [0, 0.05) is 0 Å². The first-order valence-corrected chi connectivity index (χ1v) is 9.69. The highest BCUT2D eigenvalue weighted by molar-refractivity contribution is 5.79. The molecule has 5 nitrogen and oxygen atoms in total. The lowest BCUT2D eigenvalue weighted by atomic mass is 10.00. The zero-order valence-electron chi connectivity index (χ0n) is 16.9. The number of para-hydroxylation sites is 1. The van der Waals surface area contributed by atoms with E-state index in [1.807, 2.05) is 13.0 Å². The molecule has 146 valence electrons. The van der Waals surface area contributed by atoms with Gasteiger partial charge >= 0.3 is 0 Å². The summed E-state index contributed by atoms with van der Waals surface area (Å²) in [6.07, 6.45) is 1.04. The first-order valence-electron chi connectivity index (χ1n) is 9.69. The molecule has 2 aromatic carbocycles. The van der Waals surface area contributed by atoms with E-state index in [4.69, 9.17) is 0 Å². The summed E-state index contributed by atoms with van der Waals surface area (Å²) in [4.78, 5) is 29.7. The van der Waals surface area contributed by atoms with E-state index in [9.17, 15) is 9.59 Å². The minimum Gasteiger partial charge on any atom is -0.348 e. The molecule has 0 fully saturated rings. The normalized spacial score (nSPS) is 12.3. The van der Waals surface area contributed by atoms with E-state index in [1.54, 1.807) is 25.1 Å². The van der Waals surface area contributed by atoms with Crippen molar-refractivity contribution in [3.8, 4) is 0 Å². The van der Waals surface area contributed by atoms with Gasteiger partial charge in [0.25, 0.3) is 5.56 Å². The predicted molar refractivity (Wildman–Crippen MR) is 112 cm³/mol. The third-order valence-corrected chi connectivity index (χ3v) is 4.86. The van der Waals surface area contributed by atoms with Crippen molar-refractivity contribution in [3.05, 3.63) is 75.8 Å². The molecule has 0 aliphatic rings. The summed E-state index contributed by atoms with van der Waals surface area (Å²) in [6.45, 7) is 8.05. The van der Waals surface area contributed by atoms with Gasteiger partial charge in [0.15, 0.2) is 0 Å². The lowest BCUT2D eigenvalue weighted by Gasteiger charge is -2.17. The summed E-state index contributed by atoms with van der Waals surface area (Å²) < 4.78 is 1.43. The number of fused-ring (bicyclic) bond motifs is 1. The van der Waals surface area contributed by atoms with Crippen molar-refractivity contribution in [2.45, 2.75) is 46.7 Å². The first kappa shape index (κ1) is 19.8. The Morgan fingerprint density at radius 1 is 1.07 bits per heavy atom. The van der Waals surface area contributed by atoms with E-state index in [0.717, 1.165) is 12.0 Å². The summed E-state index contributed by atoms with van der Waals surface area (Å²) in [5, 5.41) is 3.50. The number of aromatic nitrogens is 2. The van der Waals surface area contributed by atoms with Crippen LogP contribution in [0.2, 0.25) is 0 Å². The lowest BCUT2D eigenvalue weighted by molar-refractivity contribution is -0.122. The number of nitrogens with zero attached hydrogens (tertiary/aromatic N) is 2. The Hall–Kier alpha value is -2.95. The summed E-state index contributed by atoms with van der Waals surface area (Å²) in [5.41, 5.74) is 2.80. The van der Waals surface area contributed by atoms with Crippen molar-refractivity contribution < 1.29 is 4.79 Å². The highest BCUT2D eigenvalue weighted by atomic mass is 16.2. The molecule has 0 saturated heterocycles. The third-order valence-electron chi connectivity index (χ3n) is 4.86. The van der Waals surface area contributed by atoms with Crippen LogP contribution in [0.3, 0.4) is 0 Å². The smallest absolute Gasteiger partial charge is 0.261 e. The van der Waals surface area contributed by atoms with Crippen LogP contribution in [0.15, 0.2) is 53.3 Å². The maximum atomic E-state index is 12.7. The molecule has 1 atom stereocenters. The quantitative estimate of drug-likeness (QED) is 0.711. The Balaban J connectivity index is 1.72. The second kappa shape index (κ2) is 8.38. The Kier molecular flexibility index (Phi) is 5.93. The summed E-state index contributed by atoms with van der Waals surface area (Å²) in [5.74, 6) is 0.936. The number of benzene rings is 2. The van der Waals surface area contributed by atoms with Crippen molar-refractivity contribution in [3.63, 3.8) is 0 Å². The minimum atomic E-state index is -0.207. The largest absolute Gasteiger partial charge is 0.348 e. The summed E-state index contributed by atoms with van der Waals surface area (Å²) in [6, 6.07) is 15.4. The van der Waals surface area contributed by atoms with Gasteiger partial charge in [0.05, 0.1) is 16.9 Å². The zero-order valence-corrected chi connectivity index (χ0v) is 16.9. The van der Waals surface area contributed by atoms with Crippen LogP contribution in [0.4, 0.5) is 0 Å². The van der Waals surface area contributed by atoms with Crippen molar-refractivity contribution in [1.82, 2.24) is 14.9 Å². The topological polar surface area (TPSA) is 64.0 Å². The number of aryl methyl sites for hydroxylation is 1. The second-order valence-electron chi connectivity index (χ2n) is 7.70. The van der Waals surface area contributed by atoms with Crippen LogP contribution in [-0.2, 0) is 17.8 Å². The molecule has 0 bridgehead atoms. The standard InChI is InChI=1S/C23H27N3O2/c1-15(2)13-18-9-11-19(12-10-18)16(3)24-22(27)14-26-17(4)25-21-8-6-5-7-20(21)23(26)28/h5-12,15-16H,13-14H2,1-4H3,(H,24,27)/t16-/m0/s1. The number of carbonyl (C=O) groups excluding carboxylic acids is 1. The summed E-state index contributed by atoms with van der Waals surface area (Å²) >= 11 is 0. The van der Waals surface area contributed by atoms with Gasteiger partial charge in [0.1, 0.15) is 12.4 Å². The van der Waals surface area contributed by atoms with Gasteiger partial charge in [-0.1, -0.05) is 50.2 Å². The number of hydrogen-bond acceptors (Lipinski definition) is 3. The van der Waals surface area contributed by atoms with E-state index < -0.39 is 0 Å². The molecule has 1 N–H and O–H groups in total. The maximum absolute atomic E-state index is 12.7. The first-order chi connectivity index (χ1) is 13.3. The number of nitrogens with one attached hydrogen (secondary N) is 1. The number of amides is 1. The average molecular weight is 377 g/mol. The molecule has 0 aliphatic heterocycles. The number of rotatable bonds is 6. The van der Waals surface area contributed by atoms with Gasteiger partial charge in [-0.2, -0.15) is 0 Å². The molecule has 28 heavy (non-hydrogen) atoms. The molecule has 3 aromatic rings. The molecule has 1 heterocycles. The fourth-order valence-electron chi connectivity index (χ4n) is 3.39. The van der Waals surface area contributed by atoms with Gasteiger partial charge in [0.2, 0.25) is 5.91 Å². The molecule has 0 saturated carbocycles. The maximum Gasteiger partial charge on any atom is 0.261 e. The van der Waals surface area contributed by atoms with Crippen molar-refractivity contribution in [2.75, 3.05) is 0 Å². The molecule has 0 unspecified atom stereocenters. The third kappa shape index (κ3) is 4.47. The van der Waals surface area contributed by atoms with Crippen LogP contribution in [0.25, 0.3) is 10.9 Å². The molecular formula is C23H27N3O2. The molecule has 3 rings (SSSR count). The van der Waals surface area contributed by atoms with Crippen LogP contribution in [0, 0.1) is 12.8 Å². The van der Waals surface area contributed by atoms with Gasteiger partial charge in [-0.25, -0.2) is 4.98 Å². The molecule has 0 spiro atoms. The SMILES string of the molecule is Cc1nc2ccccc2c(=O)n1CC(=O)N[C@@H](C)c1ccc(CC(C)C)cc1. The number of hydrogen-bond donors (Lipinski definition) is 1. The van der Waals surface area contributed by atoms with Crippen LogP contribution < -0.4 is 10.9 Å². The highest BCUT2D eigenvalue weighted by Gasteiger charge is 2.14. The molecular weight excluding hydrogens is 350 g/mol. The average Bonchev–Trinajstić information content (AvgIpc) is 2.65. The van der Waals surface area contributed by atoms with Crippen molar-refractivity contribution >= 4 is 16.8 Å². The van der Waals surface area contributed by atoms with Crippen molar-refractivity contribution in [2.24, 2.45) is 5.92 Å². The van der Waals surface area contributed by atoms with Crippen LogP contribution in [-0.4, -0.2) is 15.5 Å². The Morgan fingerprint density at radius 2 is 1.75 bits per heavy atom. The van der Waals surface area contributed by atoms with E-state index in [0.29, 0.717) is 22.6 Å². The molecule has 0 radical (unpaired) electrons. The van der Waals surface area contributed by atoms with Gasteiger partial charge in [-0.3, -0.25) is 14.2 Å². The zero-order chi connectivity index (χ0) is 20.3. The van der Waals surface area contributed by atoms with Gasteiger partial charge < -0.3 is 5.32 Å². The van der Waals surface area contributed by atoms with E-state index in [2.05, 4.69) is 48.4 Å². The van der Waals surface area contributed by atoms with Crippen LogP contribution in [0.1, 0.15) is 43.8 Å². The van der Waals surface area contributed by atoms with Crippen molar-refractivity contribution in [1.29, 1.82) is 0 Å². The van der Waals surface area contributed by atoms with Crippen LogP contribution in [0.5, 0.6) is 0 Å². The van der Waals surface area contributed by atoms with E-state index in [1.165, 1.54) is 10.1 Å². The molecule has 5 heteroatoms. The van der Waals surface area contributed by atoms with Crippen LogP contribution >= 0.6 is 0 Å². The minimum absolute atomic E-state index is 0.0434. The van der Waals surface area contributed by atoms with E-state index in [-0.39, 0.29) is 24.1 Å². The highest BCUT2D eigenvalue weighted by Crippen LogP contribution is 2.15. The lowest BCUT2D eigenvalue weighted by Crippen LogP contribution is -2.35. The second-order valence-corrected chi connectivity index (χ2v) is 7.70.